The molecule has 21 heavy (non-hydrogen) atoms. The van der Waals surface area contributed by atoms with Crippen molar-refractivity contribution in [3.8, 4) is 11.3 Å². The Kier molecular flexibility index (Phi) is 4.33. The minimum absolute atomic E-state index is 0.246. The second-order valence-electron chi connectivity index (χ2n) is 4.60. The second-order valence-corrected chi connectivity index (χ2v) is 6.39. The molecule has 1 aliphatic heterocycles. The van der Waals surface area contributed by atoms with E-state index in [4.69, 9.17) is 27.9 Å². The van der Waals surface area contributed by atoms with Gasteiger partial charge in [0.2, 0.25) is 0 Å². The first-order chi connectivity index (χ1) is 10.1. The first kappa shape index (κ1) is 14.6. The summed E-state index contributed by atoms with van der Waals surface area (Å²) in [6, 6.07) is 5.32. The van der Waals surface area contributed by atoms with E-state index < -0.39 is 0 Å². The number of hydrogen-bond acceptors (Lipinski definition) is 4. The molecule has 0 unspecified atom stereocenters. The summed E-state index contributed by atoms with van der Waals surface area (Å²) in [7, 11) is 0. The molecule has 110 valence electrons. The van der Waals surface area contributed by atoms with Gasteiger partial charge in [0.15, 0.2) is 0 Å². The highest BCUT2D eigenvalue weighted by molar-refractivity contribution is 7.10. The maximum Gasteiger partial charge on any atom is 0.409 e. The number of halogens is 2. The Balaban J connectivity index is 1.71. The van der Waals surface area contributed by atoms with Crippen LogP contribution in [0.2, 0.25) is 10.0 Å². The van der Waals surface area contributed by atoms with E-state index in [-0.39, 0.29) is 6.09 Å². The van der Waals surface area contributed by atoms with Gasteiger partial charge >= 0.3 is 6.09 Å². The van der Waals surface area contributed by atoms with E-state index in [0.29, 0.717) is 36.2 Å². The van der Waals surface area contributed by atoms with Gasteiger partial charge < -0.3 is 9.64 Å². The number of cyclic esters (lactones) is 1. The topological polar surface area (TPSA) is 42.4 Å². The number of carbonyl (C=O) groups is 1. The minimum atomic E-state index is -0.246. The van der Waals surface area contributed by atoms with Crippen LogP contribution in [0.25, 0.3) is 11.3 Å². The molecule has 0 radical (unpaired) electrons. The fraction of sp³-hybridized carbons (Fsp3) is 0.286. The van der Waals surface area contributed by atoms with Gasteiger partial charge in [0.25, 0.3) is 0 Å². The van der Waals surface area contributed by atoms with E-state index in [1.54, 1.807) is 34.4 Å². The molecule has 4 nitrogen and oxygen atoms in total. The molecule has 2 heterocycles. The molecule has 0 saturated carbocycles. The predicted molar refractivity (Wildman–Crippen MR) is 84.2 cm³/mol. The molecule has 7 heteroatoms. The molecule has 0 bridgehead atoms. The summed E-state index contributed by atoms with van der Waals surface area (Å²) >= 11 is 13.7. The molecule has 1 fully saturated rings. The smallest absolute Gasteiger partial charge is 0.409 e. The van der Waals surface area contributed by atoms with E-state index in [2.05, 4.69) is 4.98 Å². The Labute approximate surface area is 136 Å². The highest BCUT2D eigenvalue weighted by Gasteiger charge is 2.21. The lowest BCUT2D eigenvalue weighted by Gasteiger charge is -2.10. The molecule has 0 aliphatic carbocycles. The highest BCUT2D eigenvalue weighted by Crippen LogP contribution is 2.31. The van der Waals surface area contributed by atoms with Gasteiger partial charge in [0.1, 0.15) is 6.61 Å². The van der Waals surface area contributed by atoms with Crippen molar-refractivity contribution >= 4 is 40.6 Å². The molecule has 2 aromatic rings. The van der Waals surface area contributed by atoms with Crippen molar-refractivity contribution in [1.29, 1.82) is 0 Å². The summed E-state index contributed by atoms with van der Waals surface area (Å²) in [6.45, 7) is 1.74. The van der Waals surface area contributed by atoms with Crippen molar-refractivity contribution in [2.45, 2.75) is 6.42 Å². The van der Waals surface area contributed by atoms with Gasteiger partial charge in [-0.15, -0.1) is 11.3 Å². The zero-order valence-corrected chi connectivity index (χ0v) is 13.3. The fourth-order valence-electron chi connectivity index (χ4n) is 2.10. The molecule has 3 rings (SSSR count). The maximum atomic E-state index is 11.4. The van der Waals surface area contributed by atoms with Crippen LogP contribution in [0.15, 0.2) is 23.6 Å². The van der Waals surface area contributed by atoms with Crippen LogP contribution in [0.1, 0.15) is 5.01 Å². The van der Waals surface area contributed by atoms with Crippen LogP contribution in [0.5, 0.6) is 0 Å². The third-order valence-electron chi connectivity index (χ3n) is 3.20. The number of nitrogens with zero attached hydrogens (tertiary/aromatic N) is 2. The zero-order chi connectivity index (χ0) is 14.8. The van der Waals surface area contributed by atoms with Gasteiger partial charge in [0.05, 0.1) is 22.3 Å². The Hall–Kier alpha value is -1.30. The number of amides is 1. The average Bonchev–Trinajstić information content (AvgIpc) is 3.08. The molecule has 1 aromatic carbocycles. The Morgan fingerprint density at radius 2 is 2.24 bits per heavy atom. The third-order valence-corrected chi connectivity index (χ3v) is 4.67. The van der Waals surface area contributed by atoms with E-state index in [1.807, 2.05) is 5.38 Å². The summed E-state index contributed by atoms with van der Waals surface area (Å²) in [4.78, 5) is 17.6. The maximum absolute atomic E-state index is 11.4. The number of hydrogen-bond donors (Lipinski definition) is 0. The number of aromatic nitrogens is 1. The minimum Gasteiger partial charge on any atom is -0.448 e. The fourth-order valence-corrected chi connectivity index (χ4v) is 3.28. The monoisotopic (exact) mass is 342 g/mol. The van der Waals surface area contributed by atoms with Gasteiger partial charge in [-0.1, -0.05) is 23.2 Å². The largest absolute Gasteiger partial charge is 0.448 e. The van der Waals surface area contributed by atoms with Crippen LogP contribution in [0, 0.1) is 0 Å². The number of benzene rings is 1. The van der Waals surface area contributed by atoms with Crippen LogP contribution >= 0.6 is 34.5 Å². The number of thiazole rings is 1. The van der Waals surface area contributed by atoms with Crippen LogP contribution in [-0.2, 0) is 11.2 Å². The summed E-state index contributed by atoms with van der Waals surface area (Å²) in [5.41, 5.74) is 1.64. The van der Waals surface area contributed by atoms with Crippen molar-refractivity contribution in [3.05, 3.63) is 38.6 Å². The van der Waals surface area contributed by atoms with Gasteiger partial charge in [0, 0.05) is 28.9 Å². The molecule has 1 aliphatic rings. The normalized spacial score (nSPS) is 14.6. The first-order valence-corrected chi connectivity index (χ1v) is 8.08. The number of rotatable bonds is 4. The van der Waals surface area contributed by atoms with E-state index in [1.165, 1.54) is 0 Å². The molecular weight excluding hydrogens is 331 g/mol. The third kappa shape index (κ3) is 3.31. The van der Waals surface area contributed by atoms with Crippen molar-refractivity contribution in [1.82, 2.24) is 9.88 Å². The number of carbonyl (C=O) groups excluding carboxylic acids is 1. The standard InChI is InChI=1S/C14H12Cl2N2O2S/c15-9-1-2-11(16)10(7-9)12-8-21-13(17-12)3-4-18-5-6-20-14(18)19/h1-2,7-8H,3-6H2. The number of ether oxygens (including phenoxy) is 1. The summed E-state index contributed by atoms with van der Waals surface area (Å²) in [6.07, 6.45) is 0.461. The van der Waals surface area contributed by atoms with E-state index in [9.17, 15) is 4.79 Å². The quantitative estimate of drug-likeness (QED) is 0.839. The summed E-state index contributed by atoms with van der Waals surface area (Å²) in [5.74, 6) is 0. The molecule has 1 aromatic heterocycles. The zero-order valence-electron chi connectivity index (χ0n) is 11.0. The molecule has 1 saturated heterocycles. The lowest BCUT2D eigenvalue weighted by molar-refractivity contribution is 0.159. The molecular formula is C14H12Cl2N2O2S. The Morgan fingerprint density at radius 3 is 3.00 bits per heavy atom. The van der Waals surface area contributed by atoms with Crippen LogP contribution in [-0.4, -0.2) is 35.7 Å². The SMILES string of the molecule is O=C1OCCN1CCc1nc(-c2cc(Cl)ccc2Cl)cs1. The van der Waals surface area contributed by atoms with Gasteiger partial charge in [-0.2, -0.15) is 0 Å². The van der Waals surface area contributed by atoms with Gasteiger partial charge in [-0.05, 0) is 18.2 Å². The van der Waals surface area contributed by atoms with E-state index in [0.717, 1.165) is 16.3 Å². The summed E-state index contributed by atoms with van der Waals surface area (Å²) in [5, 5.41) is 4.17. The lowest BCUT2D eigenvalue weighted by Crippen LogP contribution is -2.26. The van der Waals surface area contributed by atoms with Crippen LogP contribution in [0.3, 0.4) is 0 Å². The first-order valence-electron chi connectivity index (χ1n) is 6.45. The average molecular weight is 343 g/mol. The van der Waals surface area contributed by atoms with Gasteiger partial charge in [-0.25, -0.2) is 9.78 Å². The Morgan fingerprint density at radius 1 is 1.38 bits per heavy atom. The lowest BCUT2D eigenvalue weighted by atomic mass is 10.2. The predicted octanol–water partition coefficient (Wildman–Crippen LogP) is 4.11. The second kappa shape index (κ2) is 6.22. The van der Waals surface area contributed by atoms with E-state index >= 15 is 0 Å². The molecule has 1 amide bonds. The molecule has 0 spiro atoms. The highest BCUT2D eigenvalue weighted by atomic mass is 35.5. The van der Waals surface area contributed by atoms with Crippen molar-refractivity contribution in [3.63, 3.8) is 0 Å². The molecule has 0 atom stereocenters. The van der Waals surface area contributed by atoms with Crippen molar-refractivity contribution in [2.24, 2.45) is 0 Å². The van der Waals surface area contributed by atoms with Crippen molar-refractivity contribution in [2.75, 3.05) is 19.7 Å². The van der Waals surface area contributed by atoms with Crippen molar-refractivity contribution < 1.29 is 9.53 Å². The van der Waals surface area contributed by atoms with Crippen LogP contribution < -0.4 is 0 Å². The van der Waals surface area contributed by atoms with Crippen LogP contribution in [0.4, 0.5) is 4.79 Å². The Bertz CT molecular complexity index is 675. The summed E-state index contributed by atoms with van der Waals surface area (Å²) < 4.78 is 4.90. The van der Waals surface area contributed by atoms with Gasteiger partial charge in [-0.3, -0.25) is 0 Å². The molecule has 0 N–H and O–H groups in total.